The standard InChI is InChI=1S/C68H85N13O9S/c1-6-59(82)72-50-22-18-46(19-23-50)41-81-63-49(42-80(68(81)87)53-37-55(88-4)39-56(38-53)89-5)40-71-67(76-63)73-51-24-26-52(27-25-51)78-34-32-77(33-35-78)43-60(83)70-30-12-7-8-13-36-90-54-28-20-48(21-29-54)62(84)57-44-91-65(74-57)58-17-14-31-79(58)66(86)61(47-15-10-9-11-16-47)75-64(85)45(2)69-3/h18-29,37-40,44-45,47,58,61,69H,6-17,30-36,41-43H2,1-5H3,(H,70,83)(H,72,82)(H,75,85)(H,71,73,76)/t45-,58-,61-/m0/s1. The first-order valence-electron chi connectivity index (χ1n) is 32.0. The van der Waals surface area contributed by atoms with Gasteiger partial charge in [0.1, 0.15) is 39.8 Å². The number of methoxy groups -OCH3 is 2. The number of ether oxygens (including phenoxy) is 3. The Labute approximate surface area is 536 Å². The fraction of sp³-hybridized carbons (Fsp3) is 0.456. The van der Waals surface area contributed by atoms with Gasteiger partial charge in [-0.3, -0.25) is 38.7 Å². The second kappa shape index (κ2) is 31.4. The molecule has 2 saturated heterocycles. The summed E-state index contributed by atoms with van der Waals surface area (Å²) in [6, 6.07) is 26.5. The van der Waals surface area contributed by atoms with Crippen LogP contribution in [0.1, 0.15) is 129 Å². The molecule has 1 aliphatic carbocycles. The molecule has 2 aromatic heterocycles. The van der Waals surface area contributed by atoms with Crippen molar-refractivity contribution in [2.24, 2.45) is 5.92 Å². The first-order chi connectivity index (χ1) is 44.3. The number of carbonyl (C=O) groups excluding carboxylic acids is 6. The summed E-state index contributed by atoms with van der Waals surface area (Å²) in [6.07, 6.45) is 12.4. The van der Waals surface area contributed by atoms with Gasteiger partial charge in [0, 0.05) is 104 Å². The summed E-state index contributed by atoms with van der Waals surface area (Å²) < 4.78 is 17.1. The van der Waals surface area contributed by atoms with Crippen molar-refractivity contribution in [3.05, 3.63) is 130 Å². The number of likely N-dealkylation sites (tertiary alicyclic amines) is 1. The number of hydrogen-bond acceptors (Lipinski definition) is 17. The number of benzene rings is 4. The summed E-state index contributed by atoms with van der Waals surface area (Å²) >= 11 is 1.41. The number of carbonyl (C=O) groups is 6. The van der Waals surface area contributed by atoms with E-state index in [-0.39, 0.29) is 60.5 Å². The largest absolute Gasteiger partial charge is 0.497 e. The van der Waals surface area contributed by atoms with E-state index in [1.807, 2.05) is 53.4 Å². The lowest BCUT2D eigenvalue weighted by Crippen LogP contribution is -2.55. The molecule has 10 rings (SSSR count). The molecule has 0 radical (unpaired) electrons. The van der Waals surface area contributed by atoms with E-state index in [1.54, 1.807) is 86.8 Å². The Hall–Kier alpha value is -8.67. The van der Waals surface area contributed by atoms with Crippen LogP contribution >= 0.6 is 11.3 Å². The Bertz CT molecular complexity index is 3440. The predicted molar refractivity (Wildman–Crippen MR) is 353 cm³/mol. The molecule has 0 bridgehead atoms. The third-order valence-electron chi connectivity index (χ3n) is 17.5. The number of hydrogen-bond donors (Lipinski definition) is 5. The number of amides is 6. The second-order valence-corrected chi connectivity index (χ2v) is 24.6. The average molecular weight is 1260 g/mol. The molecule has 22 nitrogen and oxygen atoms in total. The maximum Gasteiger partial charge on any atom is 0.330 e. The fourth-order valence-electron chi connectivity index (χ4n) is 12.1. The highest BCUT2D eigenvalue weighted by molar-refractivity contribution is 7.10. The molecule has 23 heteroatoms. The summed E-state index contributed by atoms with van der Waals surface area (Å²) in [5.41, 5.74) is 5.56. The summed E-state index contributed by atoms with van der Waals surface area (Å²) in [5, 5.41) is 17.9. The molecule has 0 spiro atoms. The van der Waals surface area contributed by atoms with Gasteiger partial charge in [-0.25, -0.2) is 14.8 Å². The minimum Gasteiger partial charge on any atom is -0.497 e. The number of nitrogens with zero attached hydrogens (tertiary/aromatic N) is 8. The van der Waals surface area contributed by atoms with Gasteiger partial charge in [0.2, 0.25) is 35.4 Å². The zero-order valence-electron chi connectivity index (χ0n) is 52.8. The number of fused-ring (bicyclic) bond motifs is 1. The molecule has 4 aromatic carbocycles. The number of nitrogens with one attached hydrogen (secondary N) is 5. The van der Waals surface area contributed by atoms with Crippen LogP contribution in [0.15, 0.2) is 103 Å². The molecule has 6 amide bonds. The summed E-state index contributed by atoms with van der Waals surface area (Å²) in [4.78, 5) is 104. The number of unbranched alkanes of at least 4 members (excludes halogenated alkanes) is 3. The Morgan fingerprint density at radius 1 is 0.747 bits per heavy atom. The summed E-state index contributed by atoms with van der Waals surface area (Å²) in [6.45, 7) is 9.19. The lowest BCUT2D eigenvalue weighted by atomic mass is 9.83. The second-order valence-electron chi connectivity index (χ2n) is 23.7. The van der Waals surface area contributed by atoms with E-state index in [0.29, 0.717) is 84.3 Å². The average Bonchev–Trinajstić information content (AvgIpc) is 1.83. The van der Waals surface area contributed by atoms with Gasteiger partial charge >= 0.3 is 6.03 Å². The van der Waals surface area contributed by atoms with Crippen molar-refractivity contribution < 1.29 is 43.0 Å². The van der Waals surface area contributed by atoms with Crippen molar-refractivity contribution in [1.82, 2.24) is 40.7 Å². The van der Waals surface area contributed by atoms with Gasteiger partial charge in [-0.2, -0.15) is 4.98 Å². The van der Waals surface area contributed by atoms with Crippen LogP contribution in [0.25, 0.3) is 0 Å². The van der Waals surface area contributed by atoms with Crippen LogP contribution in [0.2, 0.25) is 0 Å². The lowest BCUT2D eigenvalue weighted by Gasteiger charge is -2.36. The highest BCUT2D eigenvalue weighted by Gasteiger charge is 2.41. The van der Waals surface area contributed by atoms with E-state index < -0.39 is 12.1 Å². The van der Waals surface area contributed by atoms with Crippen molar-refractivity contribution in [2.45, 2.75) is 122 Å². The van der Waals surface area contributed by atoms with Gasteiger partial charge in [0.15, 0.2) is 0 Å². The minimum atomic E-state index is -0.580. The first kappa shape index (κ1) is 65.3. The Morgan fingerprint density at radius 3 is 2.16 bits per heavy atom. The molecule has 3 aliphatic heterocycles. The summed E-state index contributed by atoms with van der Waals surface area (Å²) in [5.74, 6) is 2.22. The van der Waals surface area contributed by atoms with Crippen LogP contribution in [0.3, 0.4) is 0 Å². The highest BCUT2D eigenvalue weighted by Crippen LogP contribution is 2.39. The molecule has 5 heterocycles. The van der Waals surface area contributed by atoms with Gasteiger partial charge in [-0.05, 0) is 125 Å². The number of likely N-dealkylation sites (N-methyl/N-ethyl adjacent to an activating group) is 1. The van der Waals surface area contributed by atoms with E-state index in [9.17, 15) is 28.8 Å². The van der Waals surface area contributed by atoms with Crippen LogP contribution in [-0.2, 0) is 32.3 Å². The first-order valence-corrected chi connectivity index (χ1v) is 32.8. The third kappa shape index (κ3) is 16.8. The van der Waals surface area contributed by atoms with Gasteiger partial charge in [-0.15, -0.1) is 11.3 Å². The van der Waals surface area contributed by atoms with Crippen LogP contribution in [0.4, 0.5) is 39.3 Å². The number of aromatic nitrogens is 3. The Balaban J connectivity index is 0.624. The fourth-order valence-corrected chi connectivity index (χ4v) is 13.1. The number of anilines is 6. The maximum absolute atomic E-state index is 14.5. The molecule has 3 fully saturated rings. The van der Waals surface area contributed by atoms with E-state index in [0.717, 1.165) is 124 Å². The lowest BCUT2D eigenvalue weighted by molar-refractivity contribution is -0.139. The number of thiazole rings is 1. The Kier molecular flexibility index (Phi) is 22.5. The maximum atomic E-state index is 14.5. The zero-order chi connectivity index (χ0) is 63.8. The molecule has 4 aliphatic rings. The van der Waals surface area contributed by atoms with Crippen molar-refractivity contribution in [3.63, 3.8) is 0 Å². The molecule has 6 aromatic rings. The van der Waals surface area contributed by atoms with Crippen molar-refractivity contribution in [3.8, 4) is 17.2 Å². The Morgan fingerprint density at radius 2 is 1.46 bits per heavy atom. The summed E-state index contributed by atoms with van der Waals surface area (Å²) in [7, 11) is 4.87. The van der Waals surface area contributed by atoms with Crippen LogP contribution in [0, 0.1) is 5.92 Å². The van der Waals surface area contributed by atoms with E-state index in [1.165, 1.54) is 11.3 Å². The van der Waals surface area contributed by atoms with Crippen molar-refractivity contribution in [1.29, 1.82) is 0 Å². The topological polar surface area (TPSA) is 245 Å². The van der Waals surface area contributed by atoms with Gasteiger partial charge in [-0.1, -0.05) is 51.2 Å². The SMILES string of the molecule is CCC(=O)Nc1ccc(CN2C(=O)N(c3cc(OC)cc(OC)c3)Cc3cnc(Nc4ccc(N5CCN(CC(=O)NCCCCCCOc6ccc(C(=O)c7csc([C@@H]8CCCN8C(=O)[C@@H](NC(=O)[C@H](C)NC)C8CCCCC8)n7)cc6)CC5)cc4)nc32)cc1. The molecule has 0 unspecified atom stereocenters. The van der Waals surface area contributed by atoms with E-state index in [4.69, 9.17) is 24.2 Å². The predicted octanol–water partition coefficient (Wildman–Crippen LogP) is 9.63. The van der Waals surface area contributed by atoms with Crippen molar-refractivity contribution in [2.75, 3.05) is 99.0 Å². The van der Waals surface area contributed by atoms with Gasteiger partial charge < -0.3 is 50.6 Å². The van der Waals surface area contributed by atoms with E-state index in [2.05, 4.69) is 53.5 Å². The van der Waals surface area contributed by atoms with Crippen LogP contribution in [-0.4, -0.2) is 146 Å². The van der Waals surface area contributed by atoms with Crippen molar-refractivity contribution >= 4 is 81.3 Å². The normalized spacial score (nSPS) is 16.8. The van der Waals surface area contributed by atoms with Gasteiger partial charge in [0.05, 0.1) is 58.2 Å². The monoisotopic (exact) mass is 1260 g/mol. The highest BCUT2D eigenvalue weighted by atomic mass is 32.1. The van der Waals surface area contributed by atoms with Crippen LogP contribution < -0.4 is 55.5 Å². The number of ketones is 1. The number of rotatable bonds is 28. The number of urea groups is 1. The molecular weight excluding hydrogens is 1170 g/mol. The third-order valence-corrected chi connectivity index (χ3v) is 18.5. The van der Waals surface area contributed by atoms with E-state index >= 15 is 0 Å². The smallest absolute Gasteiger partial charge is 0.330 e. The minimum absolute atomic E-state index is 0.0254. The molecule has 91 heavy (non-hydrogen) atoms. The molecule has 3 atom stereocenters. The zero-order valence-corrected chi connectivity index (χ0v) is 53.7. The number of piperazine rings is 1. The molecule has 1 saturated carbocycles. The molecule has 482 valence electrons. The molecule has 5 N–H and O–H groups in total. The quantitative estimate of drug-likeness (QED) is 0.0227. The molecular formula is C68H85N13O9S. The van der Waals surface area contributed by atoms with Crippen LogP contribution in [0.5, 0.6) is 17.2 Å². The van der Waals surface area contributed by atoms with Gasteiger partial charge in [0.25, 0.3) is 0 Å².